The number of H-pyrrole nitrogens is 1. The molecule has 0 aliphatic rings. The van der Waals surface area contributed by atoms with E-state index in [1.807, 2.05) is 25.4 Å². The first kappa shape index (κ1) is 15.7. The van der Waals surface area contributed by atoms with Gasteiger partial charge in [-0.1, -0.05) is 6.08 Å². The van der Waals surface area contributed by atoms with E-state index in [1.165, 1.54) is 12.1 Å². The number of hydroxylamine groups is 1. The fourth-order valence-corrected chi connectivity index (χ4v) is 1.98. The molecule has 0 saturated heterocycles. The van der Waals surface area contributed by atoms with Gasteiger partial charge in [0.2, 0.25) is 0 Å². The zero-order valence-corrected chi connectivity index (χ0v) is 12.5. The maximum absolute atomic E-state index is 13.8. The number of phenols is 1. The Morgan fingerprint density at radius 2 is 2.18 bits per heavy atom. The van der Waals surface area contributed by atoms with E-state index in [-0.39, 0.29) is 17.3 Å². The highest BCUT2D eigenvalue weighted by molar-refractivity contribution is 6.03. The van der Waals surface area contributed by atoms with E-state index in [9.17, 15) is 14.7 Å². The Kier molecular flexibility index (Phi) is 4.57. The van der Waals surface area contributed by atoms with E-state index in [2.05, 4.69) is 15.2 Å². The van der Waals surface area contributed by atoms with Crippen molar-refractivity contribution in [2.75, 3.05) is 0 Å². The maximum Gasteiger partial charge on any atom is 0.161 e. The summed E-state index contributed by atoms with van der Waals surface area (Å²) < 4.78 is 13.8. The summed E-state index contributed by atoms with van der Waals surface area (Å²) >= 11 is 0. The van der Waals surface area contributed by atoms with Crippen LogP contribution in [0, 0.1) is 12.7 Å². The number of aromatic nitrogens is 2. The van der Waals surface area contributed by atoms with Gasteiger partial charge in [0.05, 0.1) is 11.3 Å². The molecule has 1 aromatic heterocycles. The number of halogens is 1. The standard InChI is InChI=1S/C15H17FN4O2/c1-4-8(2)14-13(9(3)18-19-14)15(20-22)17-12-6-5-10(21)7-11(12)16/h4-7,21-22H,1-3H3,(H,17,20)(H,18,19). The number of aryl methyl sites for hydroxylation is 1. The van der Waals surface area contributed by atoms with Crippen LogP contribution in [0.25, 0.3) is 5.57 Å². The number of allylic oxidation sites excluding steroid dienone is 2. The van der Waals surface area contributed by atoms with E-state index in [0.717, 1.165) is 11.6 Å². The van der Waals surface area contributed by atoms with Gasteiger partial charge in [-0.25, -0.2) is 9.38 Å². The van der Waals surface area contributed by atoms with Crippen molar-refractivity contribution in [2.24, 2.45) is 4.99 Å². The summed E-state index contributed by atoms with van der Waals surface area (Å²) in [7, 11) is 0. The van der Waals surface area contributed by atoms with E-state index >= 15 is 0 Å². The number of nitrogens with zero attached hydrogens (tertiary/aromatic N) is 2. The highest BCUT2D eigenvalue weighted by atomic mass is 19.1. The number of nitrogens with one attached hydrogen (secondary N) is 2. The Balaban J connectivity index is 2.58. The van der Waals surface area contributed by atoms with Crippen LogP contribution in [-0.2, 0) is 0 Å². The Hall–Kier alpha value is -2.67. The van der Waals surface area contributed by atoms with E-state index in [4.69, 9.17) is 0 Å². The van der Waals surface area contributed by atoms with Gasteiger partial charge in [-0.3, -0.25) is 15.8 Å². The predicted molar refractivity (Wildman–Crippen MR) is 81.8 cm³/mol. The molecule has 0 unspecified atom stereocenters. The van der Waals surface area contributed by atoms with Gasteiger partial charge in [-0.2, -0.15) is 5.10 Å². The van der Waals surface area contributed by atoms with E-state index in [1.54, 1.807) is 6.92 Å². The smallest absolute Gasteiger partial charge is 0.161 e. The largest absolute Gasteiger partial charge is 0.508 e. The molecule has 0 bridgehead atoms. The summed E-state index contributed by atoms with van der Waals surface area (Å²) in [6, 6.07) is 3.59. The van der Waals surface area contributed by atoms with Crippen LogP contribution in [0.2, 0.25) is 0 Å². The van der Waals surface area contributed by atoms with Crippen LogP contribution in [0.1, 0.15) is 30.8 Å². The summed E-state index contributed by atoms with van der Waals surface area (Å²) in [6.45, 7) is 5.51. The molecule has 0 spiro atoms. The molecule has 2 aromatic rings. The number of benzene rings is 1. The number of aliphatic imine (C=N–C) groups is 1. The molecule has 1 heterocycles. The second-order valence-corrected chi connectivity index (χ2v) is 4.75. The summed E-state index contributed by atoms with van der Waals surface area (Å²) in [5.74, 6) is -0.829. The van der Waals surface area contributed by atoms with Crippen LogP contribution in [0.15, 0.2) is 29.3 Å². The first-order chi connectivity index (χ1) is 10.5. The number of amidine groups is 1. The topological polar surface area (TPSA) is 93.5 Å². The van der Waals surface area contributed by atoms with Gasteiger partial charge in [0.1, 0.15) is 11.4 Å². The molecular weight excluding hydrogens is 287 g/mol. The van der Waals surface area contributed by atoms with Crippen LogP contribution in [0.5, 0.6) is 5.75 Å². The zero-order valence-electron chi connectivity index (χ0n) is 12.5. The van der Waals surface area contributed by atoms with Crippen molar-refractivity contribution in [3.05, 3.63) is 47.0 Å². The minimum Gasteiger partial charge on any atom is -0.508 e. The fraction of sp³-hybridized carbons (Fsp3) is 0.200. The summed E-state index contributed by atoms with van der Waals surface area (Å²) in [5, 5.41) is 25.6. The van der Waals surface area contributed by atoms with Gasteiger partial charge in [-0.05, 0) is 38.5 Å². The quantitative estimate of drug-likeness (QED) is 0.398. The van der Waals surface area contributed by atoms with Gasteiger partial charge in [0.15, 0.2) is 11.7 Å². The van der Waals surface area contributed by atoms with Crippen LogP contribution in [0.3, 0.4) is 0 Å². The zero-order chi connectivity index (χ0) is 16.3. The molecule has 0 fully saturated rings. The lowest BCUT2D eigenvalue weighted by atomic mass is 10.1. The van der Waals surface area contributed by atoms with Crippen molar-refractivity contribution < 1.29 is 14.7 Å². The van der Waals surface area contributed by atoms with Crippen LogP contribution >= 0.6 is 0 Å². The van der Waals surface area contributed by atoms with Gasteiger partial charge >= 0.3 is 0 Å². The van der Waals surface area contributed by atoms with Crippen LogP contribution < -0.4 is 5.48 Å². The van der Waals surface area contributed by atoms with Gasteiger partial charge < -0.3 is 5.11 Å². The van der Waals surface area contributed by atoms with Crippen molar-refractivity contribution in [3.8, 4) is 5.75 Å². The number of hydrogen-bond donors (Lipinski definition) is 4. The lowest BCUT2D eigenvalue weighted by molar-refractivity contribution is 0.235. The molecule has 0 atom stereocenters. The number of rotatable bonds is 3. The monoisotopic (exact) mass is 304 g/mol. The summed E-state index contributed by atoms with van der Waals surface area (Å²) in [5.41, 5.74) is 4.69. The molecule has 0 saturated carbocycles. The minimum atomic E-state index is -0.696. The second-order valence-electron chi connectivity index (χ2n) is 4.75. The predicted octanol–water partition coefficient (Wildman–Crippen LogP) is 3.04. The third-order valence-electron chi connectivity index (χ3n) is 3.26. The van der Waals surface area contributed by atoms with E-state index in [0.29, 0.717) is 17.0 Å². The van der Waals surface area contributed by atoms with Gasteiger partial charge in [0, 0.05) is 11.8 Å². The third kappa shape index (κ3) is 2.99. The number of aromatic hydroxyl groups is 1. The molecule has 0 amide bonds. The Labute approximate surface area is 127 Å². The van der Waals surface area contributed by atoms with Crippen LogP contribution in [0.4, 0.5) is 10.1 Å². The van der Waals surface area contributed by atoms with Crippen molar-refractivity contribution >= 4 is 17.1 Å². The Morgan fingerprint density at radius 1 is 1.45 bits per heavy atom. The molecule has 1 aromatic carbocycles. The van der Waals surface area contributed by atoms with Gasteiger partial charge in [-0.15, -0.1) is 0 Å². The van der Waals surface area contributed by atoms with Crippen molar-refractivity contribution in [1.29, 1.82) is 0 Å². The molecule has 22 heavy (non-hydrogen) atoms. The first-order valence-electron chi connectivity index (χ1n) is 6.63. The molecule has 4 N–H and O–H groups in total. The highest BCUT2D eigenvalue weighted by Gasteiger charge is 2.17. The molecule has 0 radical (unpaired) electrons. The maximum atomic E-state index is 13.8. The van der Waals surface area contributed by atoms with Crippen molar-refractivity contribution in [3.63, 3.8) is 0 Å². The molecule has 2 rings (SSSR count). The third-order valence-corrected chi connectivity index (χ3v) is 3.26. The molecular formula is C15H17FN4O2. The number of phenolic OH excluding ortho intramolecular Hbond substituents is 1. The number of hydrogen-bond acceptors (Lipinski definition) is 4. The highest BCUT2D eigenvalue weighted by Crippen LogP contribution is 2.25. The average Bonchev–Trinajstić information content (AvgIpc) is 2.87. The summed E-state index contributed by atoms with van der Waals surface area (Å²) in [6.07, 6.45) is 1.87. The molecule has 0 aliphatic carbocycles. The Bertz CT molecular complexity index is 750. The SMILES string of the molecule is CC=C(C)c1n[nH]c(C)c1C(=Nc1ccc(O)cc1F)NO. The lowest BCUT2D eigenvalue weighted by Crippen LogP contribution is -2.21. The fourth-order valence-electron chi connectivity index (χ4n) is 1.98. The van der Waals surface area contributed by atoms with Crippen molar-refractivity contribution in [2.45, 2.75) is 20.8 Å². The van der Waals surface area contributed by atoms with Crippen LogP contribution in [-0.4, -0.2) is 26.3 Å². The molecule has 6 nitrogen and oxygen atoms in total. The van der Waals surface area contributed by atoms with E-state index < -0.39 is 5.82 Å². The molecule has 116 valence electrons. The summed E-state index contributed by atoms with van der Waals surface area (Å²) in [4.78, 5) is 4.08. The molecule has 7 heteroatoms. The molecule has 0 aliphatic heterocycles. The number of aromatic amines is 1. The minimum absolute atomic E-state index is 0.0148. The second kappa shape index (κ2) is 6.40. The average molecular weight is 304 g/mol. The lowest BCUT2D eigenvalue weighted by Gasteiger charge is -2.08. The Morgan fingerprint density at radius 3 is 2.77 bits per heavy atom. The normalized spacial score (nSPS) is 12.6. The first-order valence-corrected chi connectivity index (χ1v) is 6.63. The van der Waals surface area contributed by atoms with Crippen molar-refractivity contribution in [1.82, 2.24) is 15.7 Å². The van der Waals surface area contributed by atoms with Gasteiger partial charge in [0.25, 0.3) is 0 Å².